The average Bonchev–Trinajstić information content (AvgIpc) is 3.02. The maximum Gasteiger partial charge on any atom is 0.311 e. The number of benzene rings is 2. The van der Waals surface area contributed by atoms with Crippen LogP contribution in [0.5, 0.6) is 23.0 Å². The zero-order valence-corrected chi connectivity index (χ0v) is 26.5. The molecule has 0 aliphatic rings. The van der Waals surface area contributed by atoms with Crippen LogP contribution in [0.2, 0.25) is 0 Å². The number of unbranched alkanes of at least 4 members (excludes halogenated alkanes) is 4. The summed E-state index contributed by atoms with van der Waals surface area (Å²) in [6, 6.07) is 6.96. The van der Waals surface area contributed by atoms with Crippen molar-refractivity contribution in [1.29, 1.82) is 0 Å². The standard InChI is InChI=1S/C35H42O10/c1-5-9-13-24(37)30-25(42-27(38)14-10-6-2)21-26-31(34(30)44-28(39)15-11-7-3)32(41)35(45-29(40)16-12-8-4)33(43-26)22-17-19-23(36)20-18-22/h17-21,36H,5-16H2,1-4H3. The molecule has 1 heterocycles. The maximum absolute atomic E-state index is 14.3. The molecule has 0 radical (unpaired) electrons. The molecule has 242 valence electrons. The molecule has 3 aromatic rings. The number of aromatic hydroxyl groups is 1. The number of phenols is 1. The van der Waals surface area contributed by atoms with E-state index in [-0.39, 0.29) is 59.5 Å². The van der Waals surface area contributed by atoms with Crippen LogP contribution in [-0.2, 0) is 14.4 Å². The first-order chi connectivity index (χ1) is 21.6. The predicted octanol–water partition coefficient (Wildman–Crippen LogP) is 7.83. The lowest BCUT2D eigenvalue weighted by molar-refractivity contribution is -0.135. The molecule has 0 spiro atoms. The number of rotatable bonds is 17. The van der Waals surface area contributed by atoms with Crippen LogP contribution >= 0.6 is 0 Å². The summed E-state index contributed by atoms with van der Waals surface area (Å²) < 4.78 is 23.2. The van der Waals surface area contributed by atoms with Gasteiger partial charge in [-0.1, -0.05) is 53.4 Å². The Morgan fingerprint density at radius 2 is 1.18 bits per heavy atom. The fraction of sp³-hybridized carbons (Fsp3) is 0.457. The summed E-state index contributed by atoms with van der Waals surface area (Å²) in [6.45, 7) is 7.63. The quantitative estimate of drug-likeness (QED) is 0.0897. The summed E-state index contributed by atoms with van der Waals surface area (Å²) in [5.41, 5.74) is -0.925. The average molecular weight is 623 g/mol. The van der Waals surface area contributed by atoms with Gasteiger partial charge >= 0.3 is 17.9 Å². The van der Waals surface area contributed by atoms with Crippen LogP contribution in [0.3, 0.4) is 0 Å². The van der Waals surface area contributed by atoms with Crippen LogP contribution in [0.4, 0.5) is 0 Å². The van der Waals surface area contributed by atoms with Gasteiger partial charge in [0, 0.05) is 37.3 Å². The van der Waals surface area contributed by atoms with Crippen molar-refractivity contribution in [1.82, 2.24) is 0 Å². The van der Waals surface area contributed by atoms with E-state index in [0.29, 0.717) is 50.5 Å². The van der Waals surface area contributed by atoms with E-state index in [9.17, 15) is 29.1 Å². The minimum absolute atomic E-state index is 0.0108. The SMILES string of the molecule is CCCCC(=O)Oc1cc2oc(-c3ccc(O)cc3)c(OC(=O)CCCC)c(=O)c2c(OC(=O)CCCC)c1C(=O)CCCC. The van der Waals surface area contributed by atoms with Gasteiger partial charge in [-0.15, -0.1) is 0 Å². The van der Waals surface area contributed by atoms with Gasteiger partial charge in [0.15, 0.2) is 17.3 Å². The number of esters is 3. The molecule has 0 saturated carbocycles. The first-order valence-corrected chi connectivity index (χ1v) is 15.8. The van der Waals surface area contributed by atoms with Crippen molar-refractivity contribution in [3.63, 3.8) is 0 Å². The normalized spacial score (nSPS) is 10.9. The van der Waals surface area contributed by atoms with E-state index in [1.165, 1.54) is 30.3 Å². The van der Waals surface area contributed by atoms with Crippen LogP contribution < -0.4 is 19.6 Å². The second-order valence-corrected chi connectivity index (χ2v) is 10.8. The molecule has 10 heteroatoms. The zero-order chi connectivity index (χ0) is 32.9. The molecule has 10 nitrogen and oxygen atoms in total. The molecule has 3 rings (SSSR count). The second-order valence-electron chi connectivity index (χ2n) is 10.8. The summed E-state index contributed by atoms with van der Waals surface area (Å²) in [6.07, 6.45) is 5.08. The molecule has 1 N–H and O–H groups in total. The molecule has 1 aromatic heterocycles. The molecule has 0 amide bonds. The third kappa shape index (κ3) is 9.26. The Morgan fingerprint density at radius 1 is 0.689 bits per heavy atom. The number of carbonyl (C=O) groups is 4. The first kappa shape index (κ1) is 35.0. The highest BCUT2D eigenvalue weighted by molar-refractivity contribution is 6.08. The van der Waals surface area contributed by atoms with Crippen LogP contribution in [0.25, 0.3) is 22.3 Å². The van der Waals surface area contributed by atoms with Crippen molar-refractivity contribution in [3.05, 3.63) is 46.1 Å². The zero-order valence-electron chi connectivity index (χ0n) is 26.5. The molecule has 0 atom stereocenters. The molecule has 0 saturated heterocycles. The van der Waals surface area contributed by atoms with Gasteiger partial charge in [0.1, 0.15) is 28.0 Å². The highest BCUT2D eigenvalue weighted by atomic mass is 16.6. The van der Waals surface area contributed by atoms with Gasteiger partial charge in [0.2, 0.25) is 11.2 Å². The first-order valence-electron chi connectivity index (χ1n) is 15.8. The highest BCUT2D eigenvalue weighted by Gasteiger charge is 2.31. The molecule has 45 heavy (non-hydrogen) atoms. The van der Waals surface area contributed by atoms with Gasteiger partial charge in [0.25, 0.3) is 0 Å². The topological polar surface area (TPSA) is 146 Å². The summed E-state index contributed by atoms with van der Waals surface area (Å²) in [4.78, 5) is 66.6. The molecular formula is C35H42O10. The Labute approximate surface area is 262 Å². The van der Waals surface area contributed by atoms with Crippen molar-refractivity contribution < 1.29 is 42.9 Å². The lowest BCUT2D eigenvalue weighted by Crippen LogP contribution is -2.20. The monoisotopic (exact) mass is 622 g/mol. The van der Waals surface area contributed by atoms with E-state index in [1.807, 2.05) is 27.7 Å². The van der Waals surface area contributed by atoms with Crippen molar-refractivity contribution in [2.24, 2.45) is 0 Å². The van der Waals surface area contributed by atoms with E-state index in [2.05, 4.69) is 0 Å². The van der Waals surface area contributed by atoms with Crippen molar-refractivity contribution in [3.8, 4) is 34.3 Å². The van der Waals surface area contributed by atoms with Crippen LogP contribution in [0.15, 0.2) is 39.5 Å². The van der Waals surface area contributed by atoms with Gasteiger partial charge < -0.3 is 23.7 Å². The maximum atomic E-state index is 14.3. The number of hydrogen-bond acceptors (Lipinski definition) is 10. The number of Topliss-reactive ketones (excluding diaryl/α,β-unsaturated/α-hetero) is 1. The van der Waals surface area contributed by atoms with E-state index in [1.54, 1.807) is 0 Å². The molecule has 0 fully saturated rings. The van der Waals surface area contributed by atoms with Crippen molar-refractivity contribution in [2.75, 3.05) is 0 Å². The molecule has 2 aromatic carbocycles. The number of ketones is 1. The third-order valence-corrected chi connectivity index (χ3v) is 7.09. The molecule has 0 aliphatic carbocycles. The summed E-state index contributed by atoms with van der Waals surface area (Å²) in [7, 11) is 0. The fourth-order valence-electron chi connectivity index (χ4n) is 4.55. The summed E-state index contributed by atoms with van der Waals surface area (Å²) >= 11 is 0. The molecule has 0 bridgehead atoms. The van der Waals surface area contributed by atoms with E-state index in [4.69, 9.17) is 18.6 Å². The predicted molar refractivity (Wildman–Crippen MR) is 169 cm³/mol. The van der Waals surface area contributed by atoms with Crippen molar-refractivity contribution >= 4 is 34.7 Å². The molecule has 0 unspecified atom stereocenters. The van der Waals surface area contributed by atoms with Crippen molar-refractivity contribution in [2.45, 2.75) is 105 Å². The lowest BCUT2D eigenvalue weighted by Gasteiger charge is -2.18. The number of carbonyl (C=O) groups excluding carboxylic acids is 4. The van der Waals surface area contributed by atoms with E-state index < -0.39 is 40.6 Å². The van der Waals surface area contributed by atoms with Gasteiger partial charge in [0.05, 0.1) is 0 Å². The van der Waals surface area contributed by atoms with Crippen LogP contribution in [0.1, 0.15) is 115 Å². The Balaban J connectivity index is 2.42. The number of phenolic OH excluding ortho intramolecular Hbond substituents is 1. The lowest BCUT2D eigenvalue weighted by atomic mass is 9.99. The smallest absolute Gasteiger partial charge is 0.311 e. The Hall–Kier alpha value is -4.47. The Bertz CT molecular complexity index is 1570. The number of ether oxygens (including phenoxy) is 3. The Kier molecular flexibility index (Phi) is 13.3. The minimum atomic E-state index is -0.851. The number of fused-ring (bicyclic) bond motifs is 1. The van der Waals surface area contributed by atoms with Gasteiger partial charge in [-0.25, -0.2) is 0 Å². The number of hydrogen-bond donors (Lipinski definition) is 1. The second kappa shape index (κ2) is 17.1. The largest absolute Gasteiger partial charge is 0.508 e. The molecule has 0 aliphatic heterocycles. The highest BCUT2D eigenvalue weighted by Crippen LogP contribution is 2.41. The van der Waals surface area contributed by atoms with Gasteiger partial charge in [-0.3, -0.25) is 24.0 Å². The van der Waals surface area contributed by atoms with Gasteiger partial charge in [-0.2, -0.15) is 0 Å². The summed E-state index contributed by atoms with van der Waals surface area (Å²) in [5, 5.41) is 9.55. The van der Waals surface area contributed by atoms with E-state index in [0.717, 1.165) is 6.42 Å². The minimum Gasteiger partial charge on any atom is -0.508 e. The third-order valence-electron chi connectivity index (χ3n) is 7.09. The fourth-order valence-corrected chi connectivity index (χ4v) is 4.55. The summed E-state index contributed by atoms with van der Waals surface area (Å²) in [5.74, 6) is -3.69. The van der Waals surface area contributed by atoms with E-state index >= 15 is 0 Å². The molecular weight excluding hydrogens is 580 g/mol. The van der Waals surface area contributed by atoms with Crippen LogP contribution in [-0.4, -0.2) is 28.8 Å². The Morgan fingerprint density at radius 3 is 1.71 bits per heavy atom. The van der Waals surface area contributed by atoms with Gasteiger partial charge in [-0.05, 0) is 49.9 Å². The van der Waals surface area contributed by atoms with Crippen LogP contribution in [0, 0.1) is 0 Å².